The molecule has 0 saturated heterocycles. The average molecular weight is 471 g/mol. The predicted molar refractivity (Wildman–Crippen MR) is 132 cm³/mol. The maximum Gasteiger partial charge on any atom is 0.243 e. The van der Waals surface area contributed by atoms with E-state index in [1.807, 2.05) is 55.5 Å². The zero-order valence-electron chi connectivity index (χ0n) is 19.7. The van der Waals surface area contributed by atoms with Crippen molar-refractivity contribution in [3.63, 3.8) is 0 Å². The molecule has 2 amide bonds. The number of rotatable bonds is 10. The molecule has 178 valence electrons. The van der Waals surface area contributed by atoms with Crippen molar-refractivity contribution in [2.45, 2.75) is 76.9 Å². The van der Waals surface area contributed by atoms with Crippen molar-refractivity contribution >= 4 is 23.4 Å². The molecule has 2 aromatic carbocycles. The van der Waals surface area contributed by atoms with Crippen LogP contribution < -0.4 is 10.1 Å². The summed E-state index contributed by atoms with van der Waals surface area (Å²) in [5, 5.41) is 3.88. The number of nitrogens with zero attached hydrogens (tertiary/aromatic N) is 1. The number of halogens is 1. The van der Waals surface area contributed by atoms with Crippen LogP contribution in [0.3, 0.4) is 0 Å². The summed E-state index contributed by atoms with van der Waals surface area (Å²) in [4.78, 5) is 28.4. The third-order valence-corrected chi connectivity index (χ3v) is 6.78. The fourth-order valence-corrected chi connectivity index (χ4v) is 4.71. The first kappa shape index (κ1) is 25.1. The third kappa shape index (κ3) is 7.23. The summed E-state index contributed by atoms with van der Waals surface area (Å²) in [6.07, 6.45) is 6.95. The van der Waals surface area contributed by atoms with Crippen LogP contribution in [0, 0.1) is 0 Å². The summed E-state index contributed by atoms with van der Waals surface area (Å²) < 4.78 is 5.25. The second kappa shape index (κ2) is 12.6. The van der Waals surface area contributed by atoms with Gasteiger partial charge in [0.1, 0.15) is 11.8 Å². The van der Waals surface area contributed by atoms with E-state index in [0.717, 1.165) is 42.6 Å². The van der Waals surface area contributed by atoms with Crippen LogP contribution in [0.2, 0.25) is 5.02 Å². The molecule has 1 aliphatic rings. The van der Waals surface area contributed by atoms with Crippen LogP contribution in [0.5, 0.6) is 5.75 Å². The van der Waals surface area contributed by atoms with Crippen molar-refractivity contribution in [1.82, 2.24) is 10.2 Å². The van der Waals surface area contributed by atoms with Gasteiger partial charge in [0.2, 0.25) is 11.8 Å². The molecule has 1 N–H and O–H groups in total. The molecule has 1 atom stereocenters. The van der Waals surface area contributed by atoms with Crippen LogP contribution in [0.15, 0.2) is 48.5 Å². The first-order chi connectivity index (χ1) is 16.0. The Bertz CT molecular complexity index is 910. The van der Waals surface area contributed by atoms with Gasteiger partial charge < -0.3 is 15.0 Å². The minimum absolute atomic E-state index is 0.0450. The van der Waals surface area contributed by atoms with Crippen LogP contribution >= 0.6 is 11.6 Å². The molecule has 1 fully saturated rings. The van der Waals surface area contributed by atoms with Crippen LogP contribution in [0.25, 0.3) is 0 Å². The molecule has 3 rings (SSSR count). The number of carbonyl (C=O) groups is 2. The second-order valence-electron chi connectivity index (χ2n) is 8.73. The lowest BCUT2D eigenvalue weighted by Gasteiger charge is -2.33. The van der Waals surface area contributed by atoms with E-state index >= 15 is 0 Å². The summed E-state index contributed by atoms with van der Waals surface area (Å²) in [5.74, 6) is 0.665. The van der Waals surface area contributed by atoms with Gasteiger partial charge in [0, 0.05) is 24.0 Å². The summed E-state index contributed by atoms with van der Waals surface area (Å²) in [5.41, 5.74) is 1.91. The highest BCUT2D eigenvalue weighted by molar-refractivity contribution is 6.31. The second-order valence-corrected chi connectivity index (χ2v) is 9.14. The summed E-state index contributed by atoms with van der Waals surface area (Å²) in [6.45, 7) is 2.34. The molecular formula is C27H35ClN2O3. The molecule has 1 aliphatic carbocycles. The number of carbonyl (C=O) groups excluding carboxylic acids is 2. The van der Waals surface area contributed by atoms with Gasteiger partial charge in [-0.05, 0) is 55.0 Å². The Hall–Kier alpha value is -2.53. The molecule has 0 radical (unpaired) electrons. The zero-order chi connectivity index (χ0) is 23.6. The van der Waals surface area contributed by atoms with Gasteiger partial charge in [0.25, 0.3) is 0 Å². The fourth-order valence-electron chi connectivity index (χ4n) is 4.48. The van der Waals surface area contributed by atoms with E-state index in [0.29, 0.717) is 30.8 Å². The van der Waals surface area contributed by atoms with E-state index in [1.165, 1.54) is 6.42 Å². The number of hydrogen-bond donors (Lipinski definition) is 1. The van der Waals surface area contributed by atoms with Gasteiger partial charge in [-0.1, -0.05) is 68.1 Å². The topological polar surface area (TPSA) is 58.6 Å². The molecule has 0 aromatic heterocycles. The highest BCUT2D eigenvalue weighted by Crippen LogP contribution is 2.22. The minimum atomic E-state index is -0.507. The average Bonchev–Trinajstić information content (AvgIpc) is 2.84. The smallest absolute Gasteiger partial charge is 0.243 e. The van der Waals surface area contributed by atoms with Crippen LogP contribution in [0.4, 0.5) is 0 Å². The first-order valence-corrected chi connectivity index (χ1v) is 12.4. The van der Waals surface area contributed by atoms with Gasteiger partial charge in [-0.25, -0.2) is 0 Å². The van der Waals surface area contributed by atoms with Gasteiger partial charge in [-0.15, -0.1) is 0 Å². The first-order valence-electron chi connectivity index (χ1n) is 12.0. The lowest BCUT2D eigenvalue weighted by Crippen LogP contribution is -2.51. The van der Waals surface area contributed by atoms with E-state index in [1.54, 1.807) is 12.0 Å². The maximum absolute atomic E-state index is 13.4. The summed E-state index contributed by atoms with van der Waals surface area (Å²) >= 11 is 6.29. The van der Waals surface area contributed by atoms with Gasteiger partial charge in [0.15, 0.2) is 0 Å². The van der Waals surface area contributed by atoms with Gasteiger partial charge in [0.05, 0.1) is 7.11 Å². The van der Waals surface area contributed by atoms with Crippen molar-refractivity contribution < 1.29 is 14.3 Å². The van der Waals surface area contributed by atoms with E-state index in [4.69, 9.17) is 16.3 Å². The molecule has 1 saturated carbocycles. The molecule has 0 bridgehead atoms. The van der Waals surface area contributed by atoms with Crippen molar-refractivity contribution in [3.8, 4) is 5.75 Å². The largest absolute Gasteiger partial charge is 0.497 e. The van der Waals surface area contributed by atoms with Crippen LogP contribution in [-0.4, -0.2) is 35.9 Å². The number of nitrogens with one attached hydrogen (secondary N) is 1. The Morgan fingerprint density at radius 3 is 2.42 bits per heavy atom. The number of aryl methyl sites for hydroxylation is 1. The molecule has 5 nitrogen and oxygen atoms in total. The van der Waals surface area contributed by atoms with Crippen molar-refractivity contribution in [3.05, 3.63) is 64.7 Å². The summed E-state index contributed by atoms with van der Waals surface area (Å²) in [6, 6.07) is 14.9. The number of benzene rings is 2. The minimum Gasteiger partial charge on any atom is -0.497 e. The number of methoxy groups -OCH3 is 1. The van der Waals surface area contributed by atoms with E-state index in [2.05, 4.69) is 5.32 Å². The van der Waals surface area contributed by atoms with Gasteiger partial charge in [-0.2, -0.15) is 0 Å². The lowest BCUT2D eigenvalue weighted by molar-refractivity contribution is -0.141. The lowest BCUT2D eigenvalue weighted by atomic mass is 9.95. The van der Waals surface area contributed by atoms with Crippen LogP contribution in [0.1, 0.15) is 63.0 Å². The quantitative estimate of drug-likeness (QED) is 0.496. The normalized spacial score (nSPS) is 15.0. The van der Waals surface area contributed by atoms with E-state index < -0.39 is 6.04 Å². The number of hydrogen-bond acceptors (Lipinski definition) is 3. The molecule has 6 heteroatoms. The molecule has 2 aromatic rings. The monoisotopic (exact) mass is 470 g/mol. The zero-order valence-corrected chi connectivity index (χ0v) is 20.4. The summed E-state index contributed by atoms with van der Waals surface area (Å²) in [7, 11) is 1.63. The number of ether oxygens (including phenoxy) is 1. The standard InChI is InChI=1S/C27H35ClN2O3/c1-3-25(27(32)29-22-10-5-4-6-11-22)30(19-20-13-16-23(33-2)17-14-20)26(31)18-15-21-9-7-8-12-24(21)28/h7-9,12-14,16-17,22,25H,3-6,10-11,15,18-19H2,1-2H3,(H,29,32). The maximum atomic E-state index is 13.4. The van der Waals surface area contributed by atoms with Crippen molar-refractivity contribution in [2.24, 2.45) is 0 Å². The van der Waals surface area contributed by atoms with Crippen molar-refractivity contribution in [2.75, 3.05) is 7.11 Å². The van der Waals surface area contributed by atoms with E-state index in [9.17, 15) is 9.59 Å². The molecule has 33 heavy (non-hydrogen) atoms. The van der Waals surface area contributed by atoms with Crippen molar-refractivity contribution in [1.29, 1.82) is 0 Å². The molecule has 0 heterocycles. The Morgan fingerprint density at radius 1 is 1.09 bits per heavy atom. The van der Waals surface area contributed by atoms with Gasteiger partial charge in [-0.3, -0.25) is 9.59 Å². The Labute approximate surface area is 202 Å². The molecule has 0 spiro atoms. The number of amides is 2. The van der Waals surface area contributed by atoms with Gasteiger partial charge >= 0.3 is 0 Å². The SMILES string of the molecule is CCC(C(=O)NC1CCCCC1)N(Cc1ccc(OC)cc1)C(=O)CCc1ccccc1Cl. The molecule has 1 unspecified atom stereocenters. The fraction of sp³-hybridized carbons (Fsp3) is 0.481. The van der Waals surface area contributed by atoms with E-state index in [-0.39, 0.29) is 17.9 Å². The Morgan fingerprint density at radius 2 is 1.79 bits per heavy atom. The van der Waals surface area contributed by atoms with Crippen LogP contribution in [-0.2, 0) is 22.6 Å². The molecular weight excluding hydrogens is 436 g/mol. The predicted octanol–water partition coefficient (Wildman–Crippen LogP) is 5.54. The third-order valence-electron chi connectivity index (χ3n) is 6.42. The molecule has 0 aliphatic heterocycles. The Kier molecular flexibility index (Phi) is 9.61. The highest BCUT2D eigenvalue weighted by Gasteiger charge is 2.30. The Balaban J connectivity index is 1.76. The highest BCUT2D eigenvalue weighted by atomic mass is 35.5.